The summed E-state index contributed by atoms with van der Waals surface area (Å²) < 4.78 is 17.1. The van der Waals surface area contributed by atoms with Crippen molar-refractivity contribution < 1.29 is 14.0 Å². The number of hydrogen-bond acceptors (Lipinski definition) is 6. The molecule has 4 rings (SSSR count). The van der Waals surface area contributed by atoms with Crippen molar-refractivity contribution >= 4 is 10.9 Å². The Morgan fingerprint density at radius 2 is 1.82 bits per heavy atom. The molecule has 7 heteroatoms. The zero-order valence-corrected chi connectivity index (χ0v) is 19.9. The summed E-state index contributed by atoms with van der Waals surface area (Å²) in [6, 6.07) is 11.8. The zero-order valence-electron chi connectivity index (χ0n) is 19.9. The predicted octanol–water partition coefficient (Wildman–Crippen LogP) is 5.57. The fourth-order valence-electron chi connectivity index (χ4n) is 4.02. The third-order valence-electron chi connectivity index (χ3n) is 5.55. The summed E-state index contributed by atoms with van der Waals surface area (Å²) in [4.78, 5) is 10.3. The molecule has 0 fully saturated rings. The molecule has 0 spiro atoms. The molecule has 0 aliphatic heterocycles. The highest BCUT2D eigenvalue weighted by Crippen LogP contribution is 2.35. The highest BCUT2D eigenvalue weighted by atomic mass is 16.5. The number of benzene rings is 2. The molecule has 2 aromatic carbocycles. The van der Waals surface area contributed by atoms with Crippen molar-refractivity contribution in [1.29, 1.82) is 0 Å². The number of nitrogens with one attached hydrogen (secondary N) is 1. The number of aromatic nitrogens is 3. The molecule has 0 aliphatic rings. The Kier molecular flexibility index (Phi) is 7.29. The van der Waals surface area contributed by atoms with E-state index in [1.165, 1.54) is 5.56 Å². The number of unbranched alkanes of at least 4 members (excludes halogenated alkanes) is 1. The van der Waals surface area contributed by atoms with Gasteiger partial charge in [-0.25, -0.2) is 0 Å². The van der Waals surface area contributed by atoms with E-state index in [1.54, 1.807) is 0 Å². The smallest absolute Gasteiger partial charge is 0.258 e. The second-order valence-electron chi connectivity index (χ2n) is 8.25. The van der Waals surface area contributed by atoms with Crippen LogP contribution in [-0.4, -0.2) is 53.9 Å². The molecule has 174 valence electrons. The van der Waals surface area contributed by atoms with Gasteiger partial charge in [0.25, 0.3) is 5.89 Å². The van der Waals surface area contributed by atoms with Gasteiger partial charge in [-0.05, 0) is 83.6 Å². The first-order valence-corrected chi connectivity index (χ1v) is 11.6. The van der Waals surface area contributed by atoms with Crippen molar-refractivity contribution in [2.45, 2.75) is 33.1 Å². The molecule has 0 saturated carbocycles. The Balaban J connectivity index is 1.63. The highest BCUT2D eigenvalue weighted by molar-refractivity contribution is 5.96. The van der Waals surface area contributed by atoms with Crippen LogP contribution in [0.15, 0.2) is 47.1 Å². The first-order chi connectivity index (χ1) is 16.1. The first-order valence-electron chi connectivity index (χ1n) is 11.6. The standard InChI is InChI=1S/C26H32N4O3/c1-5-31-22-14-13-18(16-23(22)32-6-2)26-28-25(29-33-26)20-11-9-12-21-24(20)19(17-27-21)10-7-8-15-30(3)4/h9,11-14,16-17,27H,5-8,10,15H2,1-4H3. The summed E-state index contributed by atoms with van der Waals surface area (Å²) in [7, 11) is 4.22. The maximum absolute atomic E-state index is 5.75. The molecule has 0 saturated heterocycles. The van der Waals surface area contributed by atoms with E-state index in [-0.39, 0.29) is 0 Å². The zero-order chi connectivity index (χ0) is 23.2. The van der Waals surface area contributed by atoms with E-state index in [0.29, 0.717) is 36.4 Å². The maximum Gasteiger partial charge on any atom is 0.258 e. The monoisotopic (exact) mass is 448 g/mol. The second-order valence-corrected chi connectivity index (χ2v) is 8.25. The van der Waals surface area contributed by atoms with Gasteiger partial charge in [0.05, 0.1) is 13.2 Å². The largest absolute Gasteiger partial charge is 0.490 e. The summed E-state index contributed by atoms with van der Waals surface area (Å²) in [6.45, 7) is 6.11. The van der Waals surface area contributed by atoms with Crippen LogP contribution in [-0.2, 0) is 6.42 Å². The van der Waals surface area contributed by atoms with Gasteiger partial charge in [0, 0.05) is 28.2 Å². The van der Waals surface area contributed by atoms with Crippen LogP contribution in [0.1, 0.15) is 32.3 Å². The molecule has 2 aromatic heterocycles. The van der Waals surface area contributed by atoms with Gasteiger partial charge >= 0.3 is 0 Å². The molecule has 0 radical (unpaired) electrons. The maximum atomic E-state index is 5.75. The second kappa shape index (κ2) is 10.5. The Labute approximate surface area is 194 Å². The van der Waals surface area contributed by atoms with Crippen LogP contribution in [0.2, 0.25) is 0 Å². The Morgan fingerprint density at radius 3 is 2.61 bits per heavy atom. The lowest BCUT2D eigenvalue weighted by Crippen LogP contribution is -2.12. The number of ether oxygens (including phenoxy) is 2. The normalized spacial score (nSPS) is 11.4. The van der Waals surface area contributed by atoms with Crippen molar-refractivity contribution in [1.82, 2.24) is 20.0 Å². The van der Waals surface area contributed by atoms with E-state index in [9.17, 15) is 0 Å². The predicted molar refractivity (Wildman–Crippen MR) is 131 cm³/mol. The fraction of sp³-hybridized carbons (Fsp3) is 0.385. The van der Waals surface area contributed by atoms with E-state index in [1.807, 2.05) is 38.1 Å². The van der Waals surface area contributed by atoms with Crippen LogP contribution in [0.4, 0.5) is 0 Å². The van der Waals surface area contributed by atoms with Crippen LogP contribution >= 0.6 is 0 Å². The van der Waals surface area contributed by atoms with E-state index in [2.05, 4.69) is 47.5 Å². The number of hydrogen-bond donors (Lipinski definition) is 1. The molecular formula is C26H32N4O3. The lowest BCUT2D eigenvalue weighted by molar-refractivity contribution is 0.288. The quantitative estimate of drug-likeness (QED) is 0.303. The van der Waals surface area contributed by atoms with Crippen molar-refractivity contribution in [2.75, 3.05) is 33.9 Å². The van der Waals surface area contributed by atoms with Crippen molar-refractivity contribution in [3.8, 4) is 34.3 Å². The highest BCUT2D eigenvalue weighted by Gasteiger charge is 2.17. The van der Waals surface area contributed by atoms with Gasteiger partial charge in [0.1, 0.15) is 0 Å². The SMILES string of the molecule is CCOc1ccc(-c2nc(-c3cccc4[nH]cc(CCCCN(C)C)c34)no2)cc1OCC. The topological polar surface area (TPSA) is 76.4 Å². The van der Waals surface area contributed by atoms with Gasteiger partial charge in [0.2, 0.25) is 5.82 Å². The number of H-pyrrole nitrogens is 1. The van der Waals surface area contributed by atoms with E-state index < -0.39 is 0 Å². The Hall–Kier alpha value is -3.32. The number of aromatic amines is 1. The van der Waals surface area contributed by atoms with Crippen LogP contribution in [0, 0.1) is 0 Å². The molecule has 7 nitrogen and oxygen atoms in total. The summed E-state index contributed by atoms with van der Waals surface area (Å²) >= 11 is 0. The molecule has 33 heavy (non-hydrogen) atoms. The number of fused-ring (bicyclic) bond motifs is 1. The Bertz CT molecular complexity index is 1200. The molecule has 0 amide bonds. The van der Waals surface area contributed by atoms with E-state index in [0.717, 1.165) is 47.8 Å². The summed E-state index contributed by atoms with van der Waals surface area (Å²) in [5.41, 5.74) is 4.14. The minimum absolute atomic E-state index is 0.453. The molecule has 1 N–H and O–H groups in total. The van der Waals surface area contributed by atoms with Gasteiger partial charge in [-0.3, -0.25) is 0 Å². The summed E-state index contributed by atoms with van der Waals surface area (Å²) in [5.74, 6) is 2.41. The average molecular weight is 449 g/mol. The van der Waals surface area contributed by atoms with Crippen molar-refractivity contribution in [3.63, 3.8) is 0 Å². The van der Waals surface area contributed by atoms with Crippen LogP contribution in [0.5, 0.6) is 11.5 Å². The molecular weight excluding hydrogens is 416 g/mol. The lowest BCUT2D eigenvalue weighted by atomic mass is 10.0. The van der Waals surface area contributed by atoms with E-state index in [4.69, 9.17) is 19.0 Å². The van der Waals surface area contributed by atoms with Crippen molar-refractivity contribution in [2.24, 2.45) is 0 Å². The number of aryl methyl sites for hydroxylation is 1. The minimum atomic E-state index is 0.453. The van der Waals surface area contributed by atoms with Gasteiger partial charge in [-0.1, -0.05) is 17.3 Å². The van der Waals surface area contributed by atoms with Crippen LogP contribution in [0.3, 0.4) is 0 Å². The minimum Gasteiger partial charge on any atom is -0.490 e. The third-order valence-corrected chi connectivity index (χ3v) is 5.55. The molecule has 0 aliphatic carbocycles. The van der Waals surface area contributed by atoms with Crippen molar-refractivity contribution in [3.05, 3.63) is 48.2 Å². The average Bonchev–Trinajstić information content (AvgIpc) is 3.46. The molecule has 0 atom stereocenters. The molecule has 0 unspecified atom stereocenters. The summed E-state index contributed by atoms with van der Waals surface area (Å²) in [5, 5.41) is 5.47. The fourth-order valence-corrected chi connectivity index (χ4v) is 4.02. The van der Waals surface area contributed by atoms with Crippen LogP contribution < -0.4 is 9.47 Å². The lowest BCUT2D eigenvalue weighted by Gasteiger charge is -2.11. The molecule has 4 aromatic rings. The number of nitrogens with zero attached hydrogens (tertiary/aromatic N) is 3. The van der Waals surface area contributed by atoms with Gasteiger partial charge in [-0.15, -0.1) is 0 Å². The molecule has 2 heterocycles. The third kappa shape index (κ3) is 5.20. The van der Waals surface area contributed by atoms with Gasteiger partial charge in [-0.2, -0.15) is 4.98 Å². The van der Waals surface area contributed by atoms with E-state index >= 15 is 0 Å². The Morgan fingerprint density at radius 1 is 1.00 bits per heavy atom. The summed E-state index contributed by atoms with van der Waals surface area (Å²) in [6.07, 6.45) is 5.40. The first kappa shape index (κ1) is 22.9. The van der Waals surface area contributed by atoms with Gasteiger partial charge in [0.15, 0.2) is 11.5 Å². The van der Waals surface area contributed by atoms with Crippen LogP contribution in [0.25, 0.3) is 33.7 Å². The van der Waals surface area contributed by atoms with Gasteiger partial charge < -0.3 is 23.9 Å². The molecule has 0 bridgehead atoms. The number of rotatable bonds is 11.